The Morgan fingerprint density at radius 1 is 1.03 bits per heavy atom. The van der Waals surface area contributed by atoms with Gasteiger partial charge in [-0.05, 0) is 87.7 Å². The third-order valence-corrected chi connectivity index (χ3v) is 6.62. The fourth-order valence-electron chi connectivity index (χ4n) is 4.19. The van der Waals surface area contributed by atoms with E-state index in [0.717, 1.165) is 38.3 Å². The van der Waals surface area contributed by atoms with Crippen molar-refractivity contribution in [3.05, 3.63) is 63.7 Å². The largest absolute Gasteiger partial charge is 0.490 e. The molecule has 3 rings (SSSR count). The van der Waals surface area contributed by atoms with Crippen LogP contribution in [0.2, 0.25) is 5.02 Å². The maximum absolute atomic E-state index is 12.8. The second kappa shape index (κ2) is 10.5. The molecule has 0 radical (unpaired) electrons. The third kappa shape index (κ3) is 5.59. The summed E-state index contributed by atoms with van der Waals surface area (Å²) in [6.07, 6.45) is 0.952. The predicted molar refractivity (Wildman–Crippen MR) is 127 cm³/mol. The molecule has 1 saturated heterocycles. The molecule has 1 aliphatic rings. The molecular formula is C25H34ClN3O2. The van der Waals surface area contributed by atoms with E-state index < -0.39 is 0 Å². The summed E-state index contributed by atoms with van der Waals surface area (Å²) >= 11 is 5.94. The van der Waals surface area contributed by atoms with Gasteiger partial charge >= 0.3 is 0 Å². The Bertz CT molecular complexity index is 892. The number of nitrogens with zero attached hydrogens (tertiary/aromatic N) is 2. The van der Waals surface area contributed by atoms with Crippen molar-refractivity contribution in [2.24, 2.45) is 5.73 Å². The minimum atomic E-state index is 0.0732. The molecule has 2 N–H and O–H groups in total. The van der Waals surface area contributed by atoms with Crippen molar-refractivity contribution in [3.8, 4) is 5.75 Å². The smallest absolute Gasteiger partial charge is 0.253 e. The molecule has 0 spiro atoms. The summed E-state index contributed by atoms with van der Waals surface area (Å²) in [4.78, 5) is 17.2. The van der Waals surface area contributed by atoms with E-state index in [9.17, 15) is 4.79 Å². The van der Waals surface area contributed by atoms with Gasteiger partial charge in [0.1, 0.15) is 5.75 Å². The fraction of sp³-hybridized carbons (Fsp3) is 0.480. The number of hydrogen-bond acceptors (Lipinski definition) is 4. The van der Waals surface area contributed by atoms with Crippen LogP contribution >= 0.6 is 11.6 Å². The predicted octanol–water partition coefficient (Wildman–Crippen LogP) is 4.59. The standard InChI is InChI=1S/C25H34ClN3O2/c1-17(11-12-27)31-24-10-9-23(18(2)19(24)3)20(4)28-13-15-29(16-14-28)25(30)21-5-7-22(26)8-6-21/h5-10,17,20H,11-16,27H2,1-4H3. The SMILES string of the molecule is Cc1c(OC(C)CCN)ccc(C(C)N2CCN(C(=O)c3ccc(Cl)cc3)CC2)c1C. The first-order valence-electron chi connectivity index (χ1n) is 11.1. The van der Waals surface area contributed by atoms with Gasteiger partial charge in [-0.15, -0.1) is 0 Å². The molecule has 6 heteroatoms. The molecule has 2 atom stereocenters. The molecule has 2 unspecified atom stereocenters. The van der Waals surface area contributed by atoms with E-state index in [1.807, 2.05) is 4.90 Å². The maximum atomic E-state index is 12.8. The molecule has 0 bridgehead atoms. The molecule has 2 aromatic carbocycles. The summed E-state index contributed by atoms with van der Waals surface area (Å²) in [6.45, 7) is 12.4. The minimum absolute atomic E-state index is 0.0732. The molecule has 2 aromatic rings. The molecule has 1 heterocycles. The van der Waals surface area contributed by atoms with Crippen LogP contribution in [0.5, 0.6) is 5.75 Å². The van der Waals surface area contributed by atoms with Crippen LogP contribution in [0.15, 0.2) is 36.4 Å². The fourth-order valence-corrected chi connectivity index (χ4v) is 4.32. The summed E-state index contributed by atoms with van der Waals surface area (Å²) in [6, 6.07) is 11.7. The molecule has 0 aliphatic carbocycles. The lowest BCUT2D eigenvalue weighted by molar-refractivity contribution is 0.0581. The average Bonchev–Trinajstić information content (AvgIpc) is 2.77. The third-order valence-electron chi connectivity index (χ3n) is 6.37. The van der Waals surface area contributed by atoms with Crippen LogP contribution in [0.4, 0.5) is 0 Å². The highest BCUT2D eigenvalue weighted by Gasteiger charge is 2.26. The van der Waals surface area contributed by atoms with Crippen molar-refractivity contribution < 1.29 is 9.53 Å². The second-order valence-corrected chi connectivity index (χ2v) is 8.86. The summed E-state index contributed by atoms with van der Waals surface area (Å²) in [7, 11) is 0. The highest BCUT2D eigenvalue weighted by Crippen LogP contribution is 2.32. The topological polar surface area (TPSA) is 58.8 Å². The zero-order valence-electron chi connectivity index (χ0n) is 19.0. The molecule has 1 fully saturated rings. The Balaban J connectivity index is 1.63. The van der Waals surface area contributed by atoms with Crippen molar-refractivity contribution >= 4 is 17.5 Å². The quantitative estimate of drug-likeness (QED) is 0.679. The zero-order chi connectivity index (χ0) is 22.5. The molecular weight excluding hydrogens is 410 g/mol. The van der Waals surface area contributed by atoms with Crippen LogP contribution in [0.1, 0.15) is 53.4 Å². The van der Waals surface area contributed by atoms with Gasteiger partial charge in [0, 0.05) is 42.8 Å². The highest BCUT2D eigenvalue weighted by atomic mass is 35.5. The number of benzene rings is 2. The number of nitrogens with two attached hydrogens (primary N) is 1. The van der Waals surface area contributed by atoms with Crippen LogP contribution in [0.25, 0.3) is 0 Å². The van der Waals surface area contributed by atoms with Crippen LogP contribution < -0.4 is 10.5 Å². The van der Waals surface area contributed by atoms with Crippen LogP contribution in [0, 0.1) is 13.8 Å². The molecule has 5 nitrogen and oxygen atoms in total. The van der Waals surface area contributed by atoms with Crippen LogP contribution in [-0.2, 0) is 0 Å². The first-order chi connectivity index (χ1) is 14.8. The highest BCUT2D eigenvalue weighted by molar-refractivity contribution is 6.30. The van der Waals surface area contributed by atoms with Gasteiger partial charge in [-0.1, -0.05) is 17.7 Å². The van der Waals surface area contributed by atoms with E-state index in [0.29, 0.717) is 17.1 Å². The van der Waals surface area contributed by atoms with Gasteiger partial charge in [0.2, 0.25) is 0 Å². The number of rotatable bonds is 7. The van der Waals surface area contributed by atoms with Crippen molar-refractivity contribution in [3.63, 3.8) is 0 Å². The molecule has 0 saturated carbocycles. The summed E-state index contributed by atoms with van der Waals surface area (Å²) < 4.78 is 6.09. The molecule has 1 aliphatic heterocycles. The van der Waals surface area contributed by atoms with Gasteiger partial charge in [0.15, 0.2) is 0 Å². The van der Waals surface area contributed by atoms with Gasteiger partial charge in [-0.3, -0.25) is 9.69 Å². The van der Waals surface area contributed by atoms with E-state index >= 15 is 0 Å². The summed E-state index contributed by atoms with van der Waals surface area (Å²) in [5.41, 5.74) is 10.1. The van der Waals surface area contributed by atoms with Crippen molar-refractivity contribution in [2.45, 2.75) is 46.3 Å². The average molecular weight is 444 g/mol. The van der Waals surface area contributed by atoms with Crippen molar-refractivity contribution in [1.29, 1.82) is 0 Å². The summed E-state index contributed by atoms with van der Waals surface area (Å²) in [5, 5.41) is 0.645. The second-order valence-electron chi connectivity index (χ2n) is 8.42. The Hall–Kier alpha value is -2.08. The van der Waals surface area contributed by atoms with E-state index in [2.05, 4.69) is 44.7 Å². The number of hydrogen-bond donors (Lipinski definition) is 1. The van der Waals surface area contributed by atoms with Crippen molar-refractivity contribution in [2.75, 3.05) is 32.7 Å². The maximum Gasteiger partial charge on any atom is 0.253 e. The monoisotopic (exact) mass is 443 g/mol. The summed E-state index contributed by atoms with van der Waals surface area (Å²) in [5.74, 6) is 1.01. The first-order valence-corrected chi connectivity index (χ1v) is 11.4. The van der Waals surface area contributed by atoms with Gasteiger partial charge in [-0.25, -0.2) is 0 Å². The normalized spacial score (nSPS) is 16.8. The van der Waals surface area contributed by atoms with Gasteiger partial charge < -0.3 is 15.4 Å². The molecule has 1 amide bonds. The molecule has 0 aromatic heterocycles. The van der Waals surface area contributed by atoms with Gasteiger partial charge in [-0.2, -0.15) is 0 Å². The number of carbonyl (C=O) groups excluding carboxylic acids is 1. The van der Waals surface area contributed by atoms with Gasteiger partial charge in [0.05, 0.1) is 6.10 Å². The van der Waals surface area contributed by atoms with E-state index in [1.54, 1.807) is 24.3 Å². The van der Waals surface area contributed by atoms with E-state index in [-0.39, 0.29) is 18.1 Å². The first kappa shape index (κ1) is 23.6. The number of halogens is 1. The number of carbonyl (C=O) groups is 1. The lowest BCUT2D eigenvalue weighted by Gasteiger charge is -2.39. The van der Waals surface area contributed by atoms with Crippen LogP contribution in [-0.4, -0.2) is 54.5 Å². The Morgan fingerprint density at radius 3 is 2.29 bits per heavy atom. The Labute approximate surface area is 191 Å². The lowest BCUT2D eigenvalue weighted by atomic mass is 9.96. The molecule has 168 valence electrons. The Kier molecular flexibility index (Phi) is 7.98. The van der Waals surface area contributed by atoms with E-state index in [1.165, 1.54) is 16.7 Å². The van der Waals surface area contributed by atoms with Crippen LogP contribution in [0.3, 0.4) is 0 Å². The zero-order valence-corrected chi connectivity index (χ0v) is 19.8. The van der Waals surface area contributed by atoms with Gasteiger partial charge in [0.25, 0.3) is 5.91 Å². The number of piperazine rings is 1. The minimum Gasteiger partial charge on any atom is -0.490 e. The number of ether oxygens (including phenoxy) is 1. The lowest BCUT2D eigenvalue weighted by Crippen LogP contribution is -2.49. The Morgan fingerprint density at radius 2 is 1.68 bits per heavy atom. The van der Waals surface area contributed by atoms with Crippen molar-refractivity contribution in [1.82, 2.24) is 9.80 Å². The molecule has 31 heavy (non-hydrogen) atoms. The number of amides is 1. The van der Waals surface area contributed by atoms with E-state index in [4.69, 9.17) is 22.1 Å².